The molecular formula is C14H18N2S. The molecule has 17 heavy (non-hydrogen) atoms. The van der Waals surface area contributed by atoms with Crippen molar-refractivity contribution in [2.24, 2.45) is 0 Å². The van der Waals surface area contributed by atoms with E-state index in [0.29, 0.717) is 12.1 Å². The molecule has 0 unspecified atom stereocenters. The molecule has 0 radical (unpaired) electrons. The van der Waals surface area contributed by atoms with Crippen molar-refractivity contribution in [3.8, 4) is 0 Å². The largest absolute Gasteiger partial charge is 0.360 e. The van der Waals surface area contributed by atoms with Gasteiger partial charge in [0.1, 0.15) is 0 Å². The van der Waals surface area contributed by atoms with E-state index < -0.39 is 0 Å². The number of thiocarbonyl (C=S) groups is 1. The Balaban J connectivity index is 1.88. The first-order valence-electron chi connectivity index (χ1n) is 6.43. The summed E-state index contributed by atoms with van der Waals surface area (Å²) in [5.74, 6) is 0. The molecule has 2 nitrogen and oxygen atoms in total. The normalized spacial score (nSPS) is 23.1. The molecule has 0 aromatic heterocycles. The molecule has 1 heterocycles. The molecule has 1 N–H and O–H groups in total. The van der Waals surface area contributed by atoms with Gasteiger partial charge in [-0.15, -0.1) is 0 Å². The lowest BCUT2D eigenvalue weighted by Crippen LogP contribution is -2.48. The van der Waals surface area contributed by atoms with Crippen molar-refractivity contribution in [2.75, 3.05) is 4.90 Å². The Morgan fingerprint density at radius 2 is 2.06 bits per heavy atom. The monoisotopic (exact) mass is 246 g/mol. The summed E-state index contributed by atoms with van der Waals surface area (Å²) in [4.78, 5) is 2.30. The zero-order valence-corrected chi connectivity index (χ0v) is 11.0. The van der Waals surface area contributed by atoms with E-state index in [0.717, 1.165) is 5.11 Å². The predicted molar refractivity (Wildman–Crippen MR) is 75.5 cm³/mol. The van der Waals surface area contributed by atoms with E-state index in [9.17, 15) is 0 Å². The first-order chi connectivity index (χ1) is 8.25. The molecule has 90 valence electrons. The average Bonchev–Trinajstić information content (AvgIpc) is 3.12. The highest BCUT2D eigenvalue weighted by Gasteiger charge is 2.29. The minimum atomic E-state index is 0.503. The van der Waals surface area contributed by atoms with E-state index in [1.54, 1.807) is 0 Å². The van der Waals surface area contributed by atoms with Gasteiger partial charge in [-0.05, 0) is 56.5 Å². The molecule has 3 heteroatoms. The molecule has 3 rings (SSSR count). The van der Waals surface area contributed by atoms with E-state index in [1.807, 2.05) is 0 Å². The second kappa shape index (κ2) is 4.30. The van der Waals surface area contributed by atoms with Crippen LogP contribution in [-0.2, 0) is 6.42 Å². The summed E-state index contributed by atoms with van der Waals surface area (Å²) in [6, 6.07) is 9.75. The van der Waals surface area contributed by atoms with Crippen molar-refractivity contribution in [1.82, 2.24) is 5.32 Å². The lowest BCUT2D eigenvalue weighted by molar-refractivity contribution is 0.622. The second-order valence-corrected chi connectivity index (χ2v) is 5.50. The van der Waals surface area contributed by atoms with Crippen molar-refractivity contribution in [3.05, 3.63) is 29.8 Å². The first kappa shape index (κ1) is 11.0. The summed E-state index contributed by atoms with van der Waals surface area (Å²) in [6.45, 7) is 2.26. The summed E-state index contributed by atoms with van der Waals surface area (Å²) >= 11 is 5.56. The third-order valence-electron chi connectivity index (χ3n) is 3.65. The number of rotatable bonds is 1. The topological polar surface area (TPSA) is 15.3 Å². The Labute approximate surface area is 108 Å². The highest BCUT2D eigenvalue weighted by atomic mass is 32.1. The van der Waals surface area contributed by atoms with Gasteiger partial charge in [0.05, 0.1) is 0 Å². The van der Waals surface area contributed by atoms with Gasteiger partial charge in [0.15, 0.2) is 5.11 Å². The standard InChI is InChI=1S/C14H18N2S/c1-10-6-7-11-4-2-3-5-13(11)16(10)14(17)15-12-8-9-12/h2-5,10,12H,6-9H2,1H3,(H,15,17)/t10-/m0/s1. The molecule has 0 amide bonds. The van der Waals surface area contributed by atoms with E-state index in [1.165, 1.54) is 36.9 Å². The van der Waals surface area contributed by atoms with Crippen LogP contribution in [0.4, 0.5) is 5.69 Å². The van der Waals surface area contributed by atoms with Crippen LogP contribution in [0.15, 0.2) is 24.3 Å². The van der Waals surface area contributed by atoms with Crippen molar-refractivity contribution in [3.63, 3.8) is 0 Å². The minimum absolute atomic E-state index is 0.503. The molecule has 1 saturated carbocycles. The third kappa shape index (κ3) is 2.16. The highest BCUT2D eigenvalue weighted by Crippen LogP contribution is 2.31. The van der Waals surface area contributed by atoms with Crippen molar-refractivity contribution >= 4 is 23.0 Å². The number of hydrogen-bond acceptors (Lipinski definition) is 1. The molecule has 1 aromatic rings. The van der Waals surface area contributed by atoms with Crippen molar-refractivity contribution in [2.45, 2.75) is 44.7 Å². The zero-order chi connectivity index (χ0) is 11.8. The molecule has 0 saturated heterocycles. The Morgan fingerprint density at radius 3 is 2.82 bits per heavy atom. The van der Waals surface area contributed by atoms with Gasteiger partial charge in [-0.1, -0.05) is 18.2 Å². The van der Waals surface area contributed by atoms with Crippen LogP contribution < -0.4 is 10.2 Å². The lowest BCUT2D eigenvalue weighted by atomic mass is 9.97. The molecule has 1 aromatic carbocycles. The van der Waals surface area contributed by atoms with Crippen LogP contribution in [-0.4, -0.2) is 17.2 Å². The molecule has 0 spiro atoms. The van der Waals surface area contributed by atoms with Crippen LogP contribution in [0.5, 0.6) is 0 Å². The van der Waals surface area contributed by atoms with Gasteiger partial charge in [-0.3, -0.25) is 0 Å². The fourth-order valence-electron chi connectivity index (χ4n) is 2.47. The fraction of sp³-hybridized carbons (Fsp3) is 0.500. The minimum Gasteiger partial charge on any atom is -0.360 e. The maximum absolute atomic E-state index is 5.56. The van der Waals surface area contributed by atoms with Gasteiger partial charge in [0, 0.05) is 17.8 Å². The number of para-hydroxylation sites is 1. The van der Waals surface area contributed by atoms with Crippen LogP contribution in [0.2, 0.25) is 0 Å². The van der Waals surface area contributed by atoms with Crippen LogP contribution in [0, 0.1) is 0 Å². The molecule has 2 aliphatic rings. The maximum Gasteiger partial charge on any atom is 0.173 e. The summed E-state index contributed by atoms with van der Waals surface area (Å²) < 4.78 is 0. The molecule has 1 aliphatic heterocycles. The number of aryl methyl sites for hydroxylation is 1. The molecule has 1 fully saturated rings. The van der Waals surface area contributed by atoms with Crippen LogP contribution in [0.1, 0.15) is 31.7 Å². The summed E-state index contributed by atoms with van der Waals surface area (Å²) in [7, 11) is 0. The van der Waals surface area contributed by atoms with Crippen LogP contribution in [0.3, 0.4) is 0 Å². The van der Waals surface area contributed by atoms with Crippen molar-refractivity contribution < 1.29 is 0 Å². The molecule has 1 atom stereocenters. The van der Waals surface area contributed by atoms with Gasteiger partial charge in [0.2, 0.25) is 0 Å². The zero-order valence-electron chi connectivity index (χ0n) is 10.1. The Kier molecular flexibility index (Phi) is 2.79. The van der Waals surface area contributed by atoms with Gasteiger partial charge in [0.25, 0.3) is 0 Å². The maximum atomic E-state index is 5.56. The molecule has 0 bridgehead atoms. The summed E-state index contributed by atoms with van der Waals surface area (Å²) in [6.07, 6.45) is 4.89. The van der Waals surface area contributed by atoms with Gasteiger partial charge in [-0.25, -0.2) is 0 Å². The van der Waals surface area contributed by atoms with E-state index in [2.05, 4.69) is 41.4 Å². The Morgan fingerprint density at radius 1 is 1.29 bits per heavy atom. The quantitative estimate of drug-likeness (QED) is 0.767. The fourth-order valence-corrected chi connectivity index (χ4v) is 2.91. The first-order valence-corrected chi connectivity index (χ1v) is 6.84. The Bertz CT molecular complexity index is 440. The second-order valence-electron chi connectivity index (χ2n) is 5.11. The number of anilines is 1. The highest BCUT2D eigenvalue weighted by molar-refractivity contribution is 7.80. The summed E-state index contributed by atoms with van der Waals surface area (Å²) in [5.41, 5.74) is 2.72. The van der Waals surface area contributed by atoms with Crippen LogP contribution in [0.25, 0.3) is 0 Å². The lowest BCUT2D eigenvalue weighted by Gasteiger charge is -2.37. The smallest absolute Gasteiger partial charge is 0.173 e. The Hall–Kier alpha value is -1.09. The number of fused-ring (bicyclic) bond motifs is 1. The van der Waals surface area contributed by atoms with E-state index in [-0.39, 0.29) is 0 Å². The van der Waals surface area contributed by atoms with Gasteiger partial charge in [-0.2, -0.15) is 0 Å². The van der Waals surface area contributed by atoms with Crippen molar-refractivity contribution in [1.29, 1.82) is 0 Å². The SMILES string of the molecule is C[C@H]1CCc2ccccc2N1C(=S)NC1CC1. The number of benzene rings is 1. The third-order valence-corrected chi connectivity index (χ3v) is 3.96. The number of hydrogen-bond donors (Lipinski definition) is 1. The van der Waals surface area contributed by atoms with E-state index >= 15 is 0 Å². The van der Waals surface area contributed by atoms with Gasteiger partial charge < -0.3 is 10.2 Å². The number of nitrogens with zero attached hydrogens (tertiary/aromatic N) is 1. The predicted octanol–water partition coefficient (Wildman–Crippen LogP) is 2.86. The molecule has 1 aliphatic carbocycles. The number of nitrogens with one attached hydrogen (secondary N) is 1. The summed E-state index contributed by atoms with van der Waals surface area (Å²) in [5, 5.41) is 4.36. The van der Waals surface area contributed by atoms with Gasteiger partial charge >= 0.3 is 0 Å². The average molecular weight is 246 g/mol. The van der Waals surface area contributed by atoms with E-state index in [4.69, 9.17) is 12.2 Å². The van der Waals surface area contributed by atoms with Crippen LogP contribution >= 0.6 is 12.2 Å². The molecular weight excluding hydrogens is 228 g/mol.